The zero-order chi connectivity index (χ0) is 16.7. The maximum atomic E-state index is 12.0. The number of hydrogen-bond donors (Lipinski definition) is 1. The SMILES string of the molecule is COc1cc(NC(=O)CCOc2ccc(C)cc2)cc(OC)c1. The van der Waals surface area contributed by atoms with E-state index < -0.39 is 0 Å². The van der Waals surface area contributed by atoms with Crippen molar-refractivity contribution in [1.29, 1.82) is 0 Å². The van der Waals surface area contributed by atoms with Crippen LogP contribution in [0.1, 0.15) is 12.0 Å². The topological polar surface area (TPSA) is 56.8 Å². The van der Waals surface area contributed by atoms with E-state index in [0.29, 0.717) is 23.8 Å². The molecule has 0 fully saturated rings. The molecule has 0 aliphatic rings. The molecular formula is C18H21NO4. The molecule has 2 aromatic rings. The fourth-order valence-electron chi connectivity index (χ4n) is 2.00. The summed E-state index contributed by atoms with van der Waals surface area (Å²) in [6.45, 7) is 2.33. The van der Waals surface area contributed by atoms with Gasteiger partial charge in [0.15, 0.2) is 0 Å². The summed E-state index contributed by atoms with van der Waals surface area (Å²) in [7, 11) is 3.13. The quantitative estimate of drug-likeness (QED) is 0.850. The van der Waals surface area contributed by atoms with Crippen molar-refractivity contribution in [1.82, 2.24) is 0 Å². The summed E-state index contributed by atoms with van der Waals surface area (Å²) in [6, 6.07) is 12.9. The third kappa shape index (κ3) is 5.21. The molecule has 5 heteroatoms. The van der Waals surface area contributed by atoms with E-state index in [9.17, 15) is 4.79 Å². The highest BCUT2D eigenvalue weighted by Gasteiger charge is 2.06. The van der Waals surface area contributed by atoms with Gasteiger partial charge in [-0.05, 0) is 19.1 Å². The average molecular weight is 315 g/mol. The van der Waals surface area contributed by atoms with Gasteiger partial charge in [-0.25, -0.2) is 0 Å². The normalized spacial score (nSPS) is 10.0. The maximum Gasteiger partial charge on any atom is 0.227 e. The van der Waals surface area contributed by atoms with Crippen LogP contribution >= 0.6 is 0 Å². The molecule has 0 unspecified atom stereocenters. The molecule has 0 aliphatic carbocycles. The van der Waals surface area contributed by atoms with Crippen LogP contribution in [0, 0.1) is 6.92 Å². The number of anilines is 1. The lowest BCUT2D eigenvalue weighted by molar-refractivity contribution is -0.116. The molecule has 0 radical (unpaired) electrons. The van der Waals surface area contributed by atoms with Crippen LogP contribution in [-0.4, -0.2) is 26.7 Å². The Hall–Kier alpha value is -2.69. The number of rotatable bonds is 7. The fraction of sp³-hybridized carbons (Fsp3) is 0.278. The van der Waals surface area contributed by atoms with Gasteiger partial charge in [-0.1, -0.05) is 17.7 Å². The monoisotopic (exact) mass is 315 g/mol. The molecule has 0 aliphatic heterocycles. The lowest BCUT2D eigenvalue weighted by Gasteiger charge is -2.10. The first-order chi connectivity index (χ1) is 11.1. The highest BCUT2D eigenvalue weighted by molar-refractivity contribution is 5.91. The second kappa shape index (κ2) is 8.08. The Balaban J connectivity index is 1.85. The molecular weight excluding hydrogens is 294 g/mol. The number of hydrogen-bond acceptors (Lipinski definition) is 4. The number of aryl methyl sites for hydroxylation is 1. The number of benzene rings is 2. The first-order valence-electron chi connectivity index (χ1n) is 7.33. The van der Waals surface area contributed by atoms with Gasteiger partial charge in [-0.3, -0.25) is 4.79 Å². The molecule has 0 atom stereocenters. The molecule has 0 saturated heterocycles. The highest BCUT2D eigenvalue weighted by atomic mass is 16.5. The molecule has 1 amide bonds. The standard InChI is InChI=1S/C18H21NO4/c1-13-4-6-15(7-5-13)23-9-8-18(20)19-14-10-16(21-2)12-17(11-14)22-3/h4-7,10-12H,8-9H2,1-3H3,(H,19,20). The molecule has 5 nitrogen and oxygen atoms in total. The summed E-state index contributed by atoms with van der Waals surface area (Å²) < 4.78 is 15.9. The van der Waals surface area contributed by atoms with Crippen LogP contribution in [0.4, 0.5) is 5.69 Å². The van der Waals surface area contributed by atoms with Crippen molar-refractivity contribution in [2.45, 2.75) is 13.3 Å². The molecule has 0 spiro atoms. The molecule has 0 saturated carbocycles. The molecule has 2 aromatic carbocycles. The van der Waals surface area contributed by atoms with Crippen molar-refractivity contribution in [3.8, 4) is 17.2 Å². The average Bonchev–Trinajstić information content (AvgIpc) is 2.56. The Morgan fingerprint density at radius 3 is 2.13 bits per heavy atom. The zero-order valence-corrected chi connectivity index (χ0v) is 13.6. The Labute approximate surface area is 136 Å². The van der Waals surface area contributed by atoms with Gasteiger partial charge in [0, 0.05) is 23.9 Å². The van der Waals surface area contributed by atoms with E-state index in [0.717, 1.165) is 5.75 Å². The fourth-order valence-corrected chi connectivity index (χ4v) is 2.00. The number of ether oxygens (including phenoxy) is 3. The second-order valence-electron chi connectivity index (χ2n) is 5.06. The van der Waals surface area contributed by atoms with Crippen LogP contribution in [0.2, 0.25) is 0 Å². The van der Waals surface area contributed by atoms with Crippen LogP contribution in [0.3, 0.4) is 0 Å². The molecule has 23 heavy (non-hydrogen) atoms. The Morgan fingerprint density at radius 1 is 0.957 bits per heavy atom. The van der Waals surface area contributed by atoms with E-state index in [1.807, 2.05) is 31.2 Å². The van der Waals surface area contributed by atoms with E-state index >= 15 is 0 Å². The van der Waals surface area contributed by atoms with Gasteiger partial charge in [0.25, 0.3) is 0 Å². The number of nitrogens with one attached hydrogen (secondary N) is 1. The summed E-state index contributed by atoms with van der Waals surface area (Å²) in [5.41, 5.74) is 1.80. The number of methoxy groups -OCH3 is 2. The van der Waals surface area contributed by atoms with E-state index in [2.05, 4.69) is 5.32 Å². The molecule has 122 valence electrons. The van der Waals surface area contributed by atoms with E-state index in [1.54, 1.807) is 32.4 Å². The number of carbonyl (C=O) groups excluding carboxylic acids is 1. The molecule has 0 heterocycles. The lowest BCUT2D eigenvalue weighted by atomic mass is 10.2. The predicted octanol–water partition coefficient (Wildman–Crippen LogP) is 3.42. The van der Waals surface area contributed by atoms with E-state index in [1.165, 1.54) is 5.56 Å². The van der Waals surface area contributed by atoms with Gasteiger partial charge in [-0.15, -0.1) is 0 Å². The minimum atomic E-state index is -0.132. The van der Waals surface area contributed by atoms with E-state index in [4.69, 9.17) is 14.2 Å². The number of amides is 1. The Kier molecular flexibility index (Phi) is 5.86. The predicted molar refractivity (Wildman–Crippen MR) is 89.5 cm³/mol. The largest absolute Gasteiger partial charge is 0.497 e. The first-order valence-corrected chi connectivity index (χ1v) is 7.33. The third-order valence-corrected chi connectivity index (χ3v) is 3.25. The minimum absolute atomic E-state index is 0.132. The first kappa shape index (κ1) is 16.7. The van der Waals surface area contributed by atoms with E-state index in [-0.39, 0.29) is 12.3 Å². The van der Waals surface area contributed by atoms with Crippen molar-refractivity contribution in [3.05, 3.63) is 48.0 Å². The van der Waals surface area contributed by atoms with Crippen LogP contribution in [0.25, 0.3) is 0 Å². The minimum Gasteiger partial charge on any atom is -0.497 e. The number of carbonyl (C=O) groups is 1. The molecule has 1 N–H and O–H groups in total. The molecule has 0 bridgehead atoms. The van der Waals surface area contributed by atoms with Crippen molar-refractivity contribution in [2.24, 2.45) is 0 Å². The maximum absolute atomic E-state index is 12.0. The Bertz CT molecular complexity index is 630. The molecule has 0 aromatic heterocycles. The van der Waals surface area contributed by atoms with Gasteiger partial charge >= 0.3 is 0 Å². The van der Waals surface area contributed by atoms with Gasteiger partial charge in [0.1, 0.15) is 17.2 Å². The van der Waals surface area contributed by atoms with Crippen LogP contribution in [0.15, 0.2) is 42.5 Å². The third-order valence-electron chi connectivity index (χ3n) is 3.25. The van der Waals surface area contributed by atoms with Gasteiger partial charge < -0.3 is 19.5 Å². The van der Waals surface area contributed by atoms with Crippen molar-refractivity contribution in [2.75, 3.05) is 26.1 Å². The highest BCUT2D eigenvalue weighted by Crippen LogP contribution is 2.25. The summed E-state index contributed by atoms with van der Waals surface area (Å²) in [5, 5.41) is 2.81. The lowest BCUT2D eigenvalue weighted by Crippen LogP contribution is -2.15. The van der Waals surface area contributed by atoms with Crippen LogP contribution < -0.4 is 19.5 Å². The summed E-state index contributed by atoms with van der Waals surface area (Å²) >= 11 is 0. The molecule has 2 rings (SSSR count). The van der Waals surface area contributed by atoms with Crippen molar-refractivity contribution in [3.63, 3.8) is 0 Å². The van der Waals surface area contributed by atoms with Crippen LogP contribution in [0.5, 0.6) is 17.2 Å². The summed E-state index contributed by atoms with van der Waals surface area (Å²) in [4.78, 5) is 12.0. The zero-order valence-electron chi connectivity index (χ0n) is 13.6. The smallest absolute Gasteiger partial charge is 0.227 e. The summed E-state index contributed by atoms with van der Waals surface area (Å²) in [5.74, 6) is 1.87. The van der Waals surface area contributed by atoms with Crippen molar-refractivity contribution >= 4 is 11.6 Å². The van der Waals surface area contributed by atoms with Crippen LogP contribution in [-0.2, 0) is 4.79 Å². The van der Waals surface area contributed by atoms with Gasteiger partial charge in [0.2, 0.25) is 5.91 Å². The Morgan fingerprint density at radius 2 is 1.57 bits per heavy atom. The van der Waals surface area contributed by atoms with Gasteiger partial charge in [0.05, 0.1) is 27.2 Å². The van der Waals surface area contributed by atoms with Gasteiger partial charge in [-0.2, -0.15) is 0 Å². The second-order valence-corrected chi connectivity index (χ2v) is 5.06. The summed E-state index contributed by atoms with van der Waals surface area (Å²) in [6.07, 6.45) is 0.257. The van der Waals surface area contributed by atoms with Crippen molar-refractivity contribution < 1.29 is 19.0 Å².